The van der Waals surface area contributed by atoms with Gasteiger partial charge in [0.1, 0.15) is 0 Å². The summed E-state index contributed by atoms with van der Waals surface area (Å²) in [5.74, 6) is -1.11. The molecule has 0 heterocycles. The van der Waals surface area contributed by atoms with Crippen molar-refractivity contribution in [3.05, 3.63) is 53.3 Å². The van der Waals surface area contributed by atoms with Gasteiger partial charge in [0.2, 0.25) is 0 Å². The van der Waals surface area contributed by atoms with Gasteiger partial charge >= 0.3 is 0 Å². The number of amides is 1. The van der Waals surface area contributed by atoms with Gasteiger partial charge in [-0.1, -0.05) is 18.2 Å². The molecular weight excluding hydrogens is 247 g/mol. The molecule has 0 spiro atoms. The molecule has 4 nitrogen and oxygen atoms in total. The molecule has 0 aliphatic rings. The Bertz CT molecular complexity index is 641. The molecule has 4 N–H and O–H groups in total. The third-order valence-corrected chi connectivity index (χ3v) is 2.68. The molecule has 0 bridgehead atoms. The van der Waals surface area contributed by atoms with Gasteiger partial charge in [-0.05, 0) is 30.7 Å². The van der Waals surface area contributed by atoms with E-state index in [1.165, 1.54) is 12.1 Å². The maximum atomic E-state index is 13.9. The average molecular weight is 260 g/mol. The van der Waals surface area contributed by atoms with Crippen LogP contribution in [-0.2, 0) is 0 Å². The number of rotatable bonds is 3. The van der Waals surface area contributed by atoms with E-state index < -0.39 is 11.7 Å². The normalized spacial score (nSPS) is 10.2. The molecular formula is C14H13FN2O2. The molecule has 19 heavy (non-hydrogen) atoms. The number of carbonyl (C=O) groups is 1. The summed E-state index contributed by atoms with van der Waals surface area (Å²) >= 11 is 0. The Morgan fingerprint density at radius 2 is 1.89 bits per heavy atom. The number of anilines is 1. The predicted octanol–water partition coefficient (Wildman–Crippen LogP) is 2.61. The van der Waals surface area contributed by atoms with Gasteiger partial charge in [0, 0.05) is 0 Å². The van der Waals surface area contributed by atoms with Crippen LogP contribution in [0.1, 0.15) is 15.9 Å². The average Bonchev–Trinajstić information content (AvgIpc) is 2.36. The summed E-state index contributed by atoms with van der Waals surface area (Å²) in [6.45, 7) is 1.62. The molecule has 0 aromatic heterocycles. The van der Waals surface area contributed by atoms with E-state index in [1.54, 1.807) is 31.2 Å². The fourth-order valence-electron chi connectivity index (χ4n) is 1.67. The highest BCUT2D eigenvalue weighted by Gasteiger charge is 2.15. The zero-order valence-electron chi connectivity index (χ0n) is 10.3. The lowest BCUT2D eigenvalue weighted by Crippen LogP contribution is -2.13. The monoisotopic (exact) mass is 260 g/mol. The van der Waals surface area contributed by atoms with Crippen LogP contribution in [0.15, 0.2) is 36.4 Å². The van der Waals surface area contributed by atoms with E-state index in [0.29, 0.717) is 5.56 Å². The fourth-order valence-corrected chi connectivity index (χ4v) is 1.67. The van der Waals surface area contributed by atoms with E-state index in [4.69, 9.17) is 16.2 Å². The topological polar surface area (TPSA) is 78.3 Å². The van der Waals surface area contributed by atoms with Gasteiger partial charge in [0.25, 0.3) is 5.91 Å². The lowest BCUT2D eigenvalue weighted by atomic mass is 10.1. The Balaban J connectivity index is 2.49. The van der Waals surface area contributed by atoms with E-state index in [2.05, 4.69) is 0 Å². The number of para-hydroxylation sites is 1. The third kappa shape index (κ3) is 2.49. The van der Waals surface area contributed by atoms with Gasteiger partial charge in [-0.2, -0.15) is 0 Å². The molecule has 2 rings (SSSR count). The summed E-state index contributed by atoms with van der Waals surface area (Å²) in [4.78, 5) is 11.3. The molecule has 98 valence electrons. The van der Waals surface area contributed by atoms with Crippen LogP contribution in [0.3, 0.4) is 0 Å². The van der Waals surface area contributed by atoms with Crippen LogP contribution < -0.4 is 16.2 Å². The number of aryl methyl sites for hydroxylation is 1. The summed E-state index contributed by atoms with van der Waals surface area (Å²) in [5.41, 5.74) is 11.7. The first-order chi connectivity index (χ1) is 9.00. The first-order valence-corrected chi connectivity index (χ1v) is 5.62. The van der Waals surface area contributed by atoms with E-state index in [1.807, 2.05) is 0 Å². The second kappa shape index (κ2) is 4.97. The minimum atomic E-state index is -0.685. The highest BCUT2D eigenvalue weighted by atomic mass is 19.1. The quantitative estimate of drug-likeness (QED) is 0.832. The molecule has 0 aliphatic heterocycles. The first-order valence-electron chi connectivity index (χ1n) is 5.62. The highest BCUT2D eigenvalue weighted by Crippen LogP contribution is 2.33. The molecule has 0 unspecified atom stereocenters. The van der Waals surface area contributed by atoms with Crippen molar-refractivity contribution in [3.8, 4) is 11.5 Å². The number of hydrogen-bond donors (Lipinski definition) is 2. The van der Waals surface area contributed by atoms with Crippen LogP contribution >= 0.6 is 0 Å². The molecule has 0 atom stereocenters. The second-order valence-corrected chi connectivity index (χ2v) is 4.08. The van der Waals surface area contributed by atoms with Crippen molar-refractivity contribution in [2.75, 3.05) is 5.73 Å². The zero-order chi connectivity index (χ0) is 14.0. The molecule has 0 fully saturated rings. The Labute approximate surface area is 109 Å². The van der Waals surface area contributed by atoms with Crippen molar-refractivity contribution in [1.29, 1.82) is 0 Å². The van der Waals surface area contributed by atoms with Gasteiger partial charge in [-0.3, -0.25) is 4.79 Å². The standard InChI is InChI=1S/C14H13FN2O2/c1-8-4-2-7-11(12(8)15)19-13-9(14(17)18)5-3-6-10(13)16/h2-7H,16H2,1H3,(H2,17,18). The molecule has 2 aromatic carbocycles. The van der Waals surface area contributed by atoms with Crippen molar-refractivity contribution in [1.82, 2.24) is 0 Å². The Hall–Kier alpha value is -2.56. The summed E-state index contributed by atoms with van der Waals surface area (Å²) in [5, 5.41) is 0. The Morgan fingerprint density at radius 1 is 1.21 bits per heavy atom. The van der Waals surface area contributed by atoms with Crippen molar-refractivity contribution < 1.29 is 13.9 Å². The van der Waals surface area contributed by atoms with Crippen molar-refractivity contribution in [3.63, 3.8) is 0 Å². The largest absolute Gasteiger partial charge is 0.451 e. The summed E-state index contributed by atoms with van der Waals surface area (Å²) < 4.78 is 19.3. The number of nitrogens with two attached hydrogens (primary N) is 2. The van der Waals surface area contributed by atoms with E-state index in [0.717, 1.165) is 0 Å². The number of ether oxygens (including phenoxy) is 1. The summed E-state index contributed by atoms with van der Waals surface area (Å²) in [6.07, 6.45) is 0. The second-order valence-electron chi connectivity index (χ2n) is 4.08. The Morgan fingerprint density at radius 3 is 2.58 bits per heavy atom. The van der Waals surface area contributed by atoms with Gasteiger partial charge in [0.05, 0.1) is 11.3 Å². The first kappa shape index (κ1) is 12.9. The maximum Gasteiger partial charge on any atom is 0.252 e. The lowest BCUT2D eigenvalue weighted by Gasteiger charge is -2.12. The van der Waals surface area contributed by atoms with Crippen LogP contribution in [0, 0.1) is 12.7 Å². The van der Waals surface area contributed by atoms with Crippen LogP contribution in [0.2, 0.25) is 0 Å². The molecule has 0 aliphatic carbocycles. The van der Waals surface area contributed by atoms with Crippen LogP contribution in [0.5, 0.6) is 11.5 Å². The van der Waals surface area contributed by atoms with E-state index in [-0.39, 0.29) is 22.7 Å². The minimum Gasteiger partial charge on any atom is -0.451 e. The molecule has 2 aromatic rings. The van der Waals surface area contributed by atoms with Crippen LogP contribution in [0.4, 0.5) is 10.1 Å². The van der Waals surface area contributed by atoms with E-state index >= 15 is 0 Å². The highest BCUT2D eigenvalue weighted by molar-refractivity contribution is 5.97. The lowest BCUT2D eigenvalue weighted by molar-refractivity contribution is 0.0998. The van der Waals surface area contributed by atoms with Crippen molar-refractivity contribution >= 4 is 11.6 Å². The molecule has 0 radical (unpaired) electrons. The van der Waals surface area contributed by atoms with E-state index in [9.17, 15) is 9.18 Å². The van der Waals surface area contributed by atoms with Crippen molar-refractivity contribution in [2.45, 2.75) is 6.92 Å². The molecule has 1 amide bonds. The summed E-state index contributed by atoms with van der Waals surface area (Å²) in [6, 6.07) is 9.33. The zero-order valence-corrected chi connectivity index (χ0v) is 10.3. The molecule has 0 saturated carbocycles. The smallest absolute Gasteiger partial charge is 0.252 e. The minimum absolute atomic E-state index is 0.000370. The van der Waals surface area contributed by atoms with Crippen LogP contribution in [0.25, 0.3) is 0 Å². The molecule has 0 saturated heterocycles. The SMILES string of the molecule is Cc1cccc(Oc2c(N)cccc2C(N)=O)c1F. The number of primary amides is 1. The van der Waals surface area contributed by atoms with Gasteiger partial charge in [-0.15, -0.1) is 0 Å². The van der Waals surface area contributed by atoms with Gasteiger partial charge < -0.3 is 16.2 Å². The number of nitrogen functional groups attached to an aromatic ring is 1. The number of carbonyl (C=O) groups excluding carboxylic acids is 1. The summed E-state index contributed by atoms with van der Waals surface area (Å²) in [7, 11) is 0. The number of hydrogen-bond acceptors (Lipinski definition) is 3. The van der Waals surface area contributed by atoms with Crippen LogP contribution in [-0.4, -0.2) is 5.91 Å². The van der Waals surface area contributed by atoms with Gasteiger partial charge in [0.15, 0.2) is 17.3 Å². The Kier molecular flexibility index (Phi) is 3.37. The third-order valence-electron chi connectivity index (χ3n) is 2.68. The fraction of sp³-hybridized carbons (Fsp3) is 0.0714. The molecule has 5 heteroatoms. The predicted molar refractivity (Wildman–Crippen MR) is 70.6 cm³/mol. The number of halogens is 1. The maximum absolute atomic E-state index is 13.9. The van der Waals surface area contributed by atoms with Gasteiger partial charge in [-0.25, -0.2) is 4.39 Å². The van der Waals surface area contributed by atoms with Crippen molar-refractivity contribution in [2.24, 2.45) is 5.73 Å². The number of benzene rings is 2.